The maximum atomic E-state index is 12.5. The minimum atomic E-state index is -0.530. The molecule has 0 saturated carbocycles. The van der Waals surface area contributed by atoms with Crippen LogP contribution in [0.15, 0.2) is 30.3 Å². The molecule has 0 aliphatic carbocycles. The smallest absolute Gasteiger partial charge is 0.338 e. The SMILES string of the molecule is Cc1cc(C)c(C)c(C(=O)COC(=O)c2ccc(N)cc2)c1C. The van der Waals surface area contributed by atoms with Gasteiger partial charge in [0.15, 0.2) is 6.61 Å². The van der Waals surface area contributed by atoms with Crippen molar-refractivity contribution in [2.24, 2.45) is 0 Å². The van der Waals surface area contributed by atoms with E-state index in [1.807, 2.05) is 27.7 Å². The van der Waals surface area contributed by atoms with Crippen molar-refractivity contribution in [3.05, 3.63) is 63.7 Å². The van der Waals surface area contributed by atoms with Crippen molar-refractivity contribution in [3.63, 3.8) is 0 Å². The summed E-state index contributed by atoms with van der Waals surface area (Å²) in [6.45, 7) is 7.50. The van der Waals surface area contributed by atoms with Crippen LogP contribution in [0.1, 0.15) is 43.0 Å². The highest BCUT2D eigenvalue weighted by Crippen LogP contribution is 2.22. The van der Waals surface area contributed by atoms with Crippen molar-refractivity contribution < 1.29 is 14.3 Å². The summed E-state index contributed by atoms with van der Waals surface area (Å²) in [5, 5.41) is 0. The van der Waals surface area contributed by atoms with Gasteiger partial charge in [-0.2, -0.15) is 0 Å². The second-order valence-corrected chi connectivity index (χ2v) is 5.76. The van der Waals surface area contributed by atoms with Crippen molar-refractivity contribution in [2.45, 2.75) is 27.7 Å². The molecule has 0 radical (unpaired) electrons. The molecule has 0 fully saturated rings. The van der Waals surface area contributed by atoms with Gasteiger partial charge in [-0.25, -0.2) is 4.79 Å². The third kappa shape index (κ3) is 3.59. The molecule has 0 unspecified atom stereocenters. The molecule has 4 heteroatoms. The number of rotatable bonds is 4. The van der Waals surface area contributed by atoms with Crippen molar-refractivity contribution in [1.29, 1.82) is 0 Å². The molecule has 23 heavy (non-hydrogen) atoms. The van der Waals surface area contributed by atoms with Crippen LogP contribution in [0.5, 0.6) is 0 Å². The van der Waals surface area contributed by atoms with Crippen LogP contribution < -0.4 is 5.73 Å². The van der Waals surface area contributed by atoms with Gasteiger partial charge in [0, 0.05) is 11.3 Å². The molecule has 0 bridgehead atoms. The highest BCUT2D eigenvalue weighted by molar-refractivity contribution is 6.02. The van der Waals surface area contributed by atoms with Crippen LogP contribution in [0, 0.1) is 27.7 Å². The van der Waals surface area contributed by atoms with Gasteiger partial charge in [-0.1, -0.05) is 6.07 Å². The summed E-state index contributed by atoms with van der Waals surface area (Å²) >= 11 is 0. The summed E-state index contributed by atoms with van der Waals surface area (Å²) in [7, 11) is 0. The summed E-state index contributed by atoms with van der Waals surface area (Å²) in [5.74, 6) is -0.714. The maximum Gasteiger partial charge on any atom is 0.338 e. The molecule has 0 amide bonds. The number of hydrogen-bond donors (Lipinski definition) is 1. The summed E-state index contributed by atoms with van der Waals surface area (Å²) in [6, 6.07) is 8.46. The van der Waals surface area contributed by atoms with E-state index in [-0.39, 0.29) is 12.4 Å². The molecule has 2 N–H and O–H groups in total. The van der Waals surface area contributed by atoms with E-state index < -0.39 is 5.97 Å². The first-order valence-corrected chi connectivity index (χ1v) is 7.44. The predicted molar refractivity (Wildman–Crippen MR) is 90.9 cm³/mol. The molecule has 2 rings (SSSR count). The van der Waals surface area contributed by atoms with Crippen LogP contribution in [-0.4, -0.2) is 18.4 Å². The molecule has 2 aromatic rings. The molecule has 0 spiro atoms. The fourth-order valence-electron chi connectivity index (χ4n) is 2.54. The Kier molecular flexibility index (Phi) is 4.84. The van der Waals surface area contributed by atoms with E-state index in [9.17, 15) is 9.59 Å². The van der Waals surface area contributed by atoms with E-state index in [2.05, 4.69) is 6.07 Å². The molecule has 2 aromatic carbocycles. The predicted octanol–water partition coefficient (Wildman–Crippen LogP) is 3.54. The van der Waals surface area contributed by atoms with Crippen molar-refractivity contribution in [3.8, 4) is 0 Å². The summed E-state index contributed by atoms with van der Waals surface area (Å²) in [5.41, 5.74) is 11.1. The first kappa shape index (κ1) is 16.7. The van der Waals surface area contributed by atoms with Gasteiger partial charge < -0.3 is 10.5 Å². The van der Waals surface area contributed by atoms with Crippen molar-refractivity contribution >= 4 is 17.4 Å². The number of esters is 1. The topological polar surface area (TPSA) is 69.4 Å². The Morgan fingerprint density at radius 1 is 0.957 bits per heavy atom. The van der Waals surface area contributed by atoms with Gasteiger partial charge in [0.1, 0.15) is 0 Å². The zero-order valence-electron chi connectivity index (χ0n) is 13.9. The maximum absolute atomic E-state index is 12.5. The lowest BCUT2D eigenvalue weighted by molar-refractivity contribution is 0.0474. The number of nitrogen functional groups attached to an aromatic ring is 1. The molecule has 0 heterocycles. The Morgan fingerprint density at radius 2 is 1.48 bits per heavy atom. The molecule has 0 atom stereocenters. The van der Waals surface area contributed by atoms with Crippen LogP contribution in [0.2, 0.25) is 0 Å². The lowest BCUT2D eigenvalue weighted by Gasteiger charge is -2.14. The number of benzene rings is 2. The number of nitrogens with two attached hydrogens (primary N) is 1. The number of Topliss-reactive ketones (excluding diaryl/α,β-unsaturated/α-hetero) is 1. The summed E-state index contributed by atoms with van der Waals surface area (Å²) in [4.78, 5) is 24.5. The number of aryl methyl sites for hydroxylation is 2. The van der Waals surface area contributed by atoms with Crippen LogP contribution in [-0.2, 0) is 4.74 Å². The van der Waals surface area contributed by atoms with Gasteiger partial charge in [0.25, 0.3) is 0 Å². The van der Waals surface area contributed by atoms with Gasteiger partial charge in [-0.15, -0.1) is 0 Å². The van der Waals surface area contributed by atoms with Crippen LogP contribution >= 0.6 is 0 Å². The monoisotopic (exact) mass is 311 g/mol. The van der Waals surface area contributed by atoms with Crippen molar-refractivity contribution in [2.75, 3.05) is 12.3 Å². The van der Waals surface area contributed by atoms with E-state index >= 15 is 0 Å². The number of hydrogen-bond acceptors (Lipinski definition) is 4. The third-order valence-corrected chi connectivity index (χ3v) is 4.13. The molecule has 0 aromatic heterocycles. The number of anilines is 1. The summed E-state index contributed by atoms with van der Waals surface area (Å²) in [6.07, 6.45) is 0. The number of ketones is 1. The average molecular weight is 311 g/mol. The lowest BCUT2D eigenvalue weighted by Crippen LogP contribution is -2.17. The van der Waals surface area contributed by atoms with E-state index in [1.54, 1.807) is 24.3 Å². The lowest BCUT2D eigenvalue weighted by atomic mass is 9.92. The first-order chi connectivity index (χ1) is 10.8. The Hall–Kier alpha value is -2.62. The normalized spacial score (nSPS) is 10.4. The minimum Gasteiger partial charge on any atom is -0.454 e. The Bertz CT molecular complexity index is 735. The Morgan fingerprint density at radius 3 is 2.00 bits per heavy atom. The fraction of sp³-hybridized carbons (Fsp3) is 0.263. The second kappa shape index (κ2) is 6.65. The summed E-state index contributed by atoms with van der Waals surface area (Å²) < 4.78 is 5.14. The van der Waals surface area contributed by atoms with Gasteiger partial charge in [-0.05, 0) is 74.2 Å². The number of ether oxygens (including phenoxy) is 1. The zero-order chi connectivity index (χ0) is 17.1. The molecular weight excluding hydrogens is 290 g/mol. The quantitative estimate of drug-likeness (QED) is 0.532. The van der Waals surface area contributed by atoms with Crippen LogP contribution in [0.3, 0.4) is 0 Å². The zero-order valence-corrected chi connectivity index (χ0v) is 13.9. The van der Waals surface area contributed by atoms with Crippen LogP contribution in [0.4, 0.5) is 5.69 Å². The van der Waals surface area contributed by atoms with E-state index in [1.165, 1.54) is 0 Å². The van der Waals surface area contributed by atoms with E-state index in [4.69, 9.17) is 10.5 Å². The Labute approximate surface area is 136 Å². The fourth-order valence-corrected chi connectivity index (χ4v) is 2.54. The second-order valence-electron chi connectivity index (χ2n) is 5.76. The van der Waals surface area contributed by atoms with E-state index in [0.717, 1.165) is 22.3 Å². The van der Waals surface area contributed by atoms with Gasteiger partial charge in [0.05, 0.1) is 5.56 Å². The molecule has 0 aliphatic rings. The molecule has 120 valence electrons. The minimum absolute atomic E-state index is 0.185. The number of carbonyl (C=O) groups is 2. The largest absolute Gasteiger partial charge is 0.454 e. The highest BCUT2D eigenvalue weighted by atomic mass is 16.5. The average Bonchev–Trinajstić information content (AvgIpc) is 2.51. The molecular formula is C19H21NO3. The number of carbonyl (C=O) groups excluding carboxylic acids is 2. The van der Waals surface area contributed by atoms with Gasteiger partial charge in [0.2, 0.25) is 5.78 Å². The van der Waals surface area contributed by atoms with Gasteiger partial charge >= 0.3 is 5.97 Å². The molecule has 0 saturated heterocycles. The molecule has 4 nitrogen and oxygen atoms in total. The van der Waals surface area contributed by atoms with Gasteiger partial charge in [-0.3, -0.25) is 4.79 Å². The molecule has 0 aliphatic heterocycles. The van der Waals surface area contributed by atoms with Crippen LogP contribution in [0.25, 0.3) is 0 Å². The Balaban J connectivity index is 2.14. The standard InChI is InChI=1S/C19H21NO3/c1-11-9-12(2)14(4)18(13(11)3)17(21)10-23-19(22)15-5-7-16(20)8-6-15/h5-9H,10,20H2,1-4H3. The first-order valence-electron chi connectivity index (χ1n) is 7.44. The third-order valence-electron chi connectivity index (χ3n) is 4.13. The van der Waals surface area contributed by atoms with E-state index in [0.29, 0.717) is 16.8 Å². The highest BCUT2D eigenvalue weighted by Gasteiger charge is 2.18. The van der Waals surface area contributed by atoms with Crippen molar-refractivity contribution in [1.82, 2.24) is 0 Å².